The Kier molecular flexibility index (Phi) is 6.95. The summed E-state index contributed by atoms with van der Waals surface area (Å²) in [6.45, 7) is 9.65. The monoisotopic (exact) mass is 464 g/mol. The number of amides is 1. The zero-order valence-corrected chi connectivity index (χ0v) is 20.4. The summed E-state index contributed by atoms with van der Waals surface area (Å²) in [5, 5.41) is 0. The average Bonchev–Trinajstić information content (AvgIpc) is 3.31. The third kappa shape index (κ3) is 5.33. The number of piperidine rings is 2. The van der Waals surface area contributed by atoms with Gasteiger partial charge in [0, 0.05) is 31.7 Å². The second kappa shape index (κ2) is 10.3. The van der Waals surface area contributed by atoms with Crippen molar-refractivity contribution >= 4 is 5.91 Å². The molecule has 0 aliphatic carbocycles. The van der Waals surface area contributed by atoms with Gasteiger partial charge in [-0.2, -0.15) is 0 Å². The van der Waals surface area contributed by atoms with E-state index in [1.54, 1.807) is 0 Å². The molecule has 0 spiro atoms. The van der Waals surface area contributed by atoms with Gasteiger partial charge in [-0.05, 0) is 79.5 Å². The molecule has 0 bridgehead atoms. The van der Waals surface area contributed by atoms with E-state index in [0.717, 1.165) is 79.5 Å². The molecule has 3 heterocycles. The minimum atomic E-state index is 0.0873. The molecule has 2 fully saturated rings. The van der Waals surface area contributed by atoms with Gasteiger partial charge < -0.3 is 19.1 Å². The highest BCUT2D eigenvalue weighted by Gasteiger charge is 2.22. The van der Waals surface area contributed by atoms with Crippen molar-refractivity contribution in [3.63, 3.8) is 0 Å². The Morgan fingerprint density at radius 2 is 1.71 bits per heavy atom. The van der Waals surface area contributed by atoms with E-state index in [4.69, 9.17) is 14.2 Å². The smallest absolute Gasteiger partial charge is 0.260 e. The van der Waals surface area contributed by atoms with Crippen LogP contribution in [0.3, 0.4) is 0 Å². The SMILES string of the molecule is CC1CCN(C(=O)COc2ccc(-c3ccc4c(c3)OCO4)cc2CN2CCC[C@H](C)C2)CC1. The van der Waals surface area contributed by atoms with Gasteiger partial charge in [0.25, 0.3) is 5.91 Å². The average molecular weight is 465 g/mol. The van der Waals surface area contributed by atoms with E-state index in [1.165, 1.54) is 12.8 Å². The fourth-order valence-electron chi connectivity index (χ4n) is 5.26. The second-order valence-corrected chi connectivity index (χ2v) is 10.2. The highest BCUT2D eigenvalue weighted by molar-refractivity contribution is 5.78. The summed E-state index contributed by atoms with van der Waals surface area (Å²) in [7, 11) is 0. The number of carbonyl (C=O) groups excluding carboxylic acids is 1. The van der Waals surface area contributed by atoms with Gasteiger partial charge in [0.15, 0.2) is 18.1 Å². The van der Waals surface area contributed by atoms with E-state index in [2.05, 4.69) is 36.9 Å². The molecule has 1 amide bonds. The first-order valence-corrected chi connectivity index (χ1v) is 12.7. The van der Waals surface area contributed by atoms with Crippen molar-refractivity contribution in [2.75, 3.05) is 39.6 Å². The Balaban J connectivity index is 1.34. The number of nitrogens with zero attached hydrogens (tertiary/aromatic N) is 2. The number of carbonyl (C=O) groups is 1. The lowest BCUT2D eigenvalue weighted by Gasteiger charge is -2.32. The van der Waals surface area contributed by atoms with E-state index < -0.39 is 0 Å². The van der Waals surface area contributed by atoms with Crippen LogP contribution in [0.2, 0.25) is 0 Å². The van der Waals surface area contributed by atoms with Gasteiger partial charge in [0.1, 0.15) is 5.75 Å². The Hall–Kier alpha value is -2.73. The molecule has 3 aliphatic rings. The van der Waals surface area contributed by atoms with Gasteiger partial charge in [-0.1, -0.05) is 26.0 Å². The molecule has 0 aromatic heterocycles. The number of ether oxygens (including phenoxy) is 3. The zero-order chi connectivity index (χ0) is 23.5. The van der Waals surface area contributed by atoms with Crippen molar-refractivity contribution in [1.29, 1.82) is 0 Å². The van der Waals surface area contributed by atoms with Crippen molar-refractivity contribution in [3.8, 4) is 28.4 Å². The van der Waals surface area contributed by atoms with E-state index in [9.17, 15) is 4.79 Å². The third-order valence-electron chi connectivity index (χ3n) is 7.39. The van der Waals surface area contributed by atoms with Gasteiger partial charge in [0.05, 0.1) is 0 Å². The summed E-state index contributed by atoms with van der Waals surface area (Å²) in [5.74, 6) is 3.87. The molecule has 6 heteroatoms. The van der Waals surface area contributed by atoms with Crippen LogP contribution in [0, 0.1) is 11.8 Å². The lowest BCUT2D eigenvalue weighted by molar-refractivity contribution is -0.134. The first kappa shape index (κ1) is 23.0. The summed E-state index contributed by atoms with van der Waals surface area (Å²) in [6, 6.07) is 12.4. The molecule has 6 nitrogen and oxygen atoms in total. The molecule has 0 radical (unpaired) electrons. The Morgan fingerprint density at radius 1 is 0.941 bits per heavy atom. The fourth-order valence-corrected chi connectivity index (χ4v) is 5.26. The molecule has 5 rings (SSSR count). The van der Waals surface area contributed by atoms with Gasteiger partial charge in [-0.25, -0.2) is 0 Å². The molecule has 182 valence electrons. The van der Waals surface area contributed by atoms with E-state index in [1.807, 2.05) is 23.1 Å². The molecular weight excluding hydrogens is 428 g/mol. The van der Waals surface area contributed by atoms with Gasteiger partial charge in [0.2, 0.25) is 6.79 Å². The quantitative estimate of drug-likeness (QED) is 0.605. The number of fused-ring (bicyclic) bond motifs is 1. The van der Waals surface area contributed by atoms with Crippen LogP contribution in [-0.2, 0) is 11.3 Å². The highest BCUT2D eigenvalue weighted by Crippen LogP contribution is 2.37. The maximum atomic E-state index is 12.8. The molecule has 2 saturated heterocycles. The Morgan fingerprint density at radius 3 is 2.53 bits per heavy atom. The third-order valence-corrected chi connectivity index (χ3v) is 7.39. The summed E-state index contributed by atoms with van der Waals surface area (Å²) in [6.07, 6.45) is 4.67. The van der Waals surface area contributed by atoms with Crippen LogP contribution >= 0.6 is 0 Å². The molecule has 0 N–H and O–H groups in total. The maximum absolute atomic E-state index is 12.8. The minimum Gasteiger partial charge on any atom is -0.483 e. The van der Waals surface area contributed by atoms with Crippen molar-refractivity contribution < 1.29 is 19.0 Å². The molecule has 0 saturated carbocycles. The van der Waals surface area contributed by atoms with Crippen molar-refractivity contribution in [3.05, 3.63) is 42.0 Å². The molecule has 2 aromatic carbocycles. The maximum Gasteiger partial charge on any atom is 0.260 e. The Labute approximate surface area is 202 Å². The van der Waals surface area contributed by atoms with Gasteiger partial charge in [-0.3, -0.25) is 9.69 Å². The second-order valence-electron chi connectivity index (χ2n) is 10.2. The predicted octanol–water partition coefficient (Wildman–Crippen LogP) is 4.95. The molecular formula is C28H36N2O4. The summed E-state index contributed by atoms with van der Waals surface area (Å²) >= 11 is 0. The first-order valence-electron chi connectivity index (χ1n) is 12.7. The lowest BCUT2D eigenvalue weighted by Crippen LogP contribution is -2.40. The van der Waals surface area contributed by atoms with Crippen LogP contribution < -0.4 is 14.2 Å². The molecule has 34 heavy (non-hydrogen) atoms. The predicted molar refractivity (Wildman–Crippen MR) is 132 cm³/mol. The fraction of sp³-hybridized carbons (Fsp3) is 0.536. The van der Waals surface area contributed by atoms with Crippen LogP contribution in [0.1, 0.15) is 45.1 Å². The minimum absolute atomic E-state index is 0.0873. The van der Waals surface area contributed by atoms with Gasteiger partial charge >= 0.3 is 0 Å². The van der Waals surface area contributed by atoms with E-state index >= 15 is 0 Å². The molecule has 1 atom stereocenters. The summed E-state index contributed by atoms with van der Waals surface area (Å²) < 4.78 is 17.2. The summed E-state index contributed by atoms with van der Waals surface area (Å²) in [4.78, 5) is 17.2. The van der Waals surface area contributed by atoms with Crippen molar-refractivity contribution in [2.24, 2.45) is 11.8 Å². The van der Waals surface area contributed by atoms with Crippen LogP contribution in [0.4, 0.5) is 0 Å². The Bertz CT molecular complexity index is 1020. The van der Waals surface area contributed by atoms with Crippen LogP contribution in [0.15, 0.2) is 36.4 Å². The van der Waals surface area contributed by atoms with Crippen LogP contribution in [-0.4, -0.2) is 55.3 Å². The summed E-state index contributed by atoms with van der Waals surface area (Å²) in [5.41, 5.74) is 3.33. The zero-order valence-electron chi connectivity index (χ0n) is 20.4. The lowest BCUT2D eigenvalue weighted by atomic mass is 9.98. The topological polar surface area (TPSA) is 51.2 Å². The van der Waals surface area contributed by atoms with E-state index in [-0.39, 0.29) is 19.3 Å². The van der Waals surface area contributed by atoms with Crippen LogP contribution in [0.5, 0.6) is 17.2 Å². The van der Waals surface area contributed by atoms with Crippen molar-refractivity contribution in [2.45, 2.75) is 46.1 Å². The largest absolute Gasteiger partial charge is 0.483 e. The number of likely N-dealkylation sites (tertiary alicyclic amines) is 2. The molecule has 0 unspecified atom stereocenters. The van der Waals surface area contributed by atoms with Crippen LogP contribution in [0.25, 0.3) is 11.1 Å². The number of hydrogen-bond acceptors (Lipinski definition) is 5. The standard InChI is InChI=1S/C28H36N2O4/c1-20-9-12-30(13-10-20)28(31)18-32-25-7-5-22(23-6-8-26-27(15-23)34-19-33-26)14-24(25)17-29-11-3-4-21(2)16-29/h5-8,14-15,20-21H,3-4,9-13,16-19H2,1-2H3/t21-/m0/s1. The molecule has 2 aromatic rings. The number of rotatable bonds is 6. The first-order chi connectivity index (χ1) is 16.5. The van der Waals surface area contributed by atoms with Gasteiger partial charge in [-0.15, -0.1) is 0 Å². The molecule has 3 aliphatic heterocycles. The normalized spacial score (nSPS) is 21.0. The highest BCUT2D eigenvalue weighted by atomic mass is 16.7. The van der Waals surface area contributed by atoms with E-state index in [0.29, 0.717) is 11.8 Å². The van der Waals surface area contributed by atoms with Crippen molar-refractivity contribution in [1.82, 2.24) is 9.80 Å². The number of benzene rings is 2. The number of hydrogen-bond donors (Lipinski definition) is 0.